The molecule has 12 heteroatoms. The number of aliphatic hydroxyl groups is 1. The first-order valence-electron chi connectivity index (χ1n) is 8.73. The van der Waals surface area contributed by atoms with E-state index in [9.17, 15) is 19.3 Å². The zero-order valence-electron chi connectivity index (χ0n) is 15.4. The molecule has 0 aromatic carbocycles. The predicted octanol–water partition coefficient (Wildman–Crippen LogP) is 2.64. The zero-order chi connectivity index (χ0) is 20.9. The predicted molar refractivity (Wildman–Crippen MR) is 109 cm³/mol. The summed E-state index contributed by atoms with van der Waals surface area (Å²) in [6.07, 6.45) is 0.849. The number of nitrogens with one attached hydrogen (secondary N) is 1. The van der Waals surface area contributed by atoms with Gasteiger partial charge in [-0.25, -0.2) is 0 Å². The molecule has 1 amide bonds. The van der Waals surface area contributed by atoms with Gasteiger partial charge in [0.05, 0.1) is 30.6 Å². The van der Waals surface area contributed by atoms with Crippen molar-refractivity contribution in [2.75, 3.05) is 45.9 Å². The maximum absolute atomic E-state index is 12.6. The molecule has 1 saturated heterocycles. The van der Waals surface area contributed by atoms with E-state index in [0.29, 0.717) is 56.1 Å². The highest BCUT2D eigenvalue weighted by molar-refractivity contribution is 8.24. The number of rotatable bonds is 5. The molecule has 0 unspecified atom stereocenters. The maximum Gasteiger partial charge on any atom is 0.339 e. The summed E-state index contributed by atoms with van der Waals surface area (Å²) < 4.78 is 14.8. The maximum atomic E-state index is 12.6. The van der Waals surface area contributed by atoms with Crippen LogP contribution in [0.3, 0.4) is 0 Å². The highest BCUT2D eigenvalue weighted by atomic mass is 36.0. The lowest BCUT2D eigenvalue weighted by atomic mass is 10.0. The van der Waals surface area contributed by atoms with Crippen molar-refractivity contribution in [1.29, 1.82) is 0 Å². The number of hydrogen-bond acceptors (Lipinski definition) is 6. The summed E-state index contributed by atoms with van der Waals surface area (Å²) in [5.41, 5.74) is 2.59. The molecule has 1 aromatic rings. The normalized spacial score (nSPS) is 18.9. The van der Waals surface area contributed by atoms with Crippen molar-refractivity contribution < 1.29 is 24.0 Å². The van der Waals surface area contributed by atoms with Gasteiger partial charge in [-0.1, -0.05) is 0 Å². The molecule has 3 heterocycles. The van der Waals surface area contributed by atoms with Crippen molar-refractivity contribution >= 4 is 51.1 Å². The van der Waals surface area contributed by atoms with E-state index in [4.69, 9.17) is 4.74 Å². The average Bonchev–Trinajstić information content (AvgIpc) is 2.93. The van der Waals surface area contributed by atoms with Gasteiger partial charge in [-0.05, 0) is 46.2 Å². The average molecular weight is 475 g/mol. The summed E-state index contributed by atoms with van der Waals surface area (Å²) >= 11 is 13.8. The Bertz CT molecular complexity index is 740. The van der Waals surface area contributed by atoms with Gasteiger partial charge in [0.15, 0.2) is 6.29 Å². The summed E-state index contributed by atoms with van der Waals surface area (Å²) in [6, 6.07) is 0. The van der Waals surface area contributed by atoms with Crippen LogP contribution < -0.4 is 0 Å². The van der Waals surface area contributed by atoms with Gasteiger partial charge in [0.2, 0.25) is 0 Å². The van der Waals surface area contributed by atoms with Crippen LogP contribution in [0, 0.1) is 6.92 Å². The third-order valence-electron chi connectivity index (χ3n) is 4.62. The molecule has 2 aliphatic heterocycles. The Morgan fingerprint density at radius 3 is 2.43 bits per heavy atom. The van der Waals surface area contributed by atoms with E-state index in [0.717, 1.165) is 25.1 Å². The molecule has 0 saturated carbocycles. The highest BCUT2D eigenvalue weighted by Gasteiger charge is 2.30. The van der Waals surface area contributed by atoms with Gasteiger partial charge >= 0.3 is 5.20 Å². The number of fused-ring (bicyclic) bond motifs is 1. The number of ether oxygens (including phenoxy) is 1. The second kappa shape index (κ2) is 10.4. The van der Waals surface area contributed by atoms with E-state index in [-0.39, 0.29) is 5.91 Å². The Hall–Kier alpha value is -0.600. The second-order valence-electron chi connectivity index (χ2n) is 6.60. The molecule has 0 aliphatic carbocycles. The Morgan fingerprint density at radius 2 is 1.86 bits per heavy atom. The van der Waals surface area contributed by atoms with Gasteiger partial charge in [-0.2, -0.15) is 0 Å². The van der Waals surface area contributed by atoms with Crippen LogP contribution in [0.25, 0.3) is 0 Å². The lowest BCUT2D eigenvalue weighted by Gasteiger charge is -2.32. The van der Waals surface area contributed by atoms with Crippen LogP contribution in [0.5, 0.6) is 0 Å². The van der Waals surface area contributed by atoms with Crippen LogP contribution in [0.4, 0.5) is 0 Å². The molecule has 3 rings (SSSR count). The number of hydrogen-bond donors (Lipinski definition) is 2. The number of H-pyrrole nitrogens is 1. The zero-order valence-corrected chi connectivity index (χ0v) is 18.5. The summed E-state index contributed by atoms with van der Waals surface area (Å²) in [5.74, 6) is -0.103. The SMILES string of the molecule is Cc1c(C=O)[nH]c2c1C(=O)N(C[C@H](O)CN1CCOCC1)CC2.O=P(Cl)(Cl)Cl. The summed E-state index contributed by atoms with van der Waals surface area (Å²) in [4.78, 5) is 30.5. The minimum absolute atomic E-state index is 0.103. The number of aldehydes is 1. The Balaban J connectivity index is 0.000000500. The van der Waals surface area contributed by atoms with E-state index in [1.54, 1.807) is 11.8 Å². The fourth-order valence-corrected chi connectivity index (χ4v) is 3.35. The molecular weight excluding hydrogens is 452 g/mol. The summed E-state index contributed by atoms with van der Waals surface area (Å²) in [5, 5.41) is 7.08. The third-order valence-corrected chi connectivity index (χ3v) is 4.62. The number of aromatic nitrogens is 1. The number of carbonyl (C=O) groups excluding carboxylic acids is 2. The number of nitrogens with zero attached hydrogens (tertiary/aromatic N) is 2. The van der Waals surface area contributed by atoms with Gasteiger partial charge < -0.3 is 19.7 Å². The van der Waals surface area contributed by atoms with E-state index in [1.807, 2.05) is 0 Å². The molecule has 0 radical (unpaired) electrons. The van der Waals surface area contributed by atoms with E-state index < -0.39 is 11.3 Å². The molecular formula is C16H23Cl3N3O5P. The first-order chi connectivity index (χ1) is 13.1. The standard InChI is InChI=1S/C16H23N3O4.Cl3OP/c1-11-14(10-20)17-13-2-3-19(16(22)15(11)13)9-12(21)8-18-4-6-23-7-5-18;1-5(2,3)4/h10,12,17,21H,2-9H2,1H3;/t12-;/m1./s1. The molecule has 1 aromatic heterocycles. The van der Waals surface area contributed by atoms with Crippen molar-refractivity contribution in [3.05, 3.63) is 22.5 Å². The molecule has 158 valence electrons. The van der Waals surface area contributed by atoms with E-state index >= 15 is 0 Å². The molecule has 28 heavy (non-hydrogen) atoms. The Labute approximate surface area is 177 Å². The number of aromatic amines is 1. The van der Waals surface area contributed by atoms with E-state index in [1.165, 1.54) is 0 Å². The van der Waals surface area contributed by atoms with Gasteiger partial charge in [-0.15, -0.1) is 0 Å². The van der Waals surface area contributed by atoms with Crippen molar-refractivity contribution in [3.63, 3.8) is 0 Å². The van der Waals surface area contributed by atoms with Crippen LogP contribution in [0.2, 0.25) is 0 Å². The van der Waals surface area contributed by atoms with Gasteiger partial charge in [0.25, 0.3) is 5.91 Å². The second-order valence-corrected chi connectivity index (χ2v) is 13.2. The topological polar surface area (TPSA) is 103 Å². The van der Waals surface area contributed by atoms with Gasteiger partial charge in [-0.3, -0.25) is 19.1 Å². The third kappa shape index (κ3) is 7.02. The molecule has 8 nitrogen and oxygen atoms in total. The number of β-amino-alcohol motifs (C(OH)–C–C–N with tert-alkyl or cyclic N) is 1. The van der Waals surface area contributed by atoms with Crippen LogP contribution in [0.15, 0.2) is 0 Å². The highest BCUT2D eigenvalue weighted by Crippen LogP contribution is 2.61. The van der Waals surface area contributed by atoms with E-state index in [2.05, 4.69) is 43.6 Å². The van der Waals surface area contributed by atoms with Crippen LogP contribution >= 0.6 is 38.9 Å². The van der Waals surface area contributed by atoms with Crippen molar-refractivity contribution in [2.24, 2.45) is 0 Å². The molecule has 2 N–H and O–H groups in total. The molecule has 0 spiro atoms. The number of amides is 1. The number of morpholine rings is 1. The minimum Gasteiger partial charge on any atom is -0.390 e. The molecule has 1 atom stereocenters. The lowest BCUT2D eigenvalue weighted by Crippen LogP contribution is -2.47. The Morgan fingerprint density at radius 1 is 1.25 bits per heavy atom. The van der Waals surface area contributed by atoms with Crippen LogP contribution in [0.1, 0.15) is 32.1 Å². The fourth-order valence-electron chi connectivity index (χ4n) is 3.35. The van der Waals surface area contributed by atoms with Crippen molar-refractivity contribution in [3.8, 4) is 0 Å². The first-order valence-corrected chi connectivity index (χ1v) is 13.2. The fraction of sp³-hybridized carbons (Fsp3) is 0.625. The number of halogens is 3. The molecule has 2 aliphatic rings. The van der Waals surface area contributed by atoms with Crippen molar-refractivity contribution in [1.82, 2.24) is 14.8 Å². The van der Waals surface area contributed by atoms with Crippen LogP contribution in [-0.2, 0) is 15.7 Å². The molecule has 0 bridgehead atoms. The Kier molecular flexibility index (Phi) is 8.82. The largest absolute Gasteiger partial charge is 0.390 e. The summed E-state index contributed by atoms with van der Waals surface area (Å²) in [7, 11) is 0. The molecule has 1 fully saturated rings. The summed E-state index contributed by atoms with van der Waals surface area (Å²) in [6.45, 7) is 6.21. The van der Waals surface area contributed by atoms with Crippen LogP contribution in [-0.4, -0.2) is 84.1 Å². The van der Waals surface area contributed by atoms with Gasteiger partial charge in [0.1, 0.15) is 0 Å². The number of carbonyl (C=O) groups is 2. The van der Waals surface area contributed by atoms with Gasteiger partial charge in [0, 0.05) is 44.8 Å². The van der Waals surface area contributed by atoms with Crippen molar-refractivity contribution in [2.45, 2.75) is 19.4 Å². The lowest BCUT2D eigenvalue weighted by molar-refractivity contribution is 0.00679. The first kappa shape index (κ1) is 23.7. The monoisotopic (exact) mass is 473 g/mol. The smallest absolute Gasteiger partial charge is 0.339 e. The quantitative estimate of drug-likeness (QED) is 0.502. The minimum atomic E-state index is -3.22. The number of aliphatic hydroxyl groups excluding tert-OH is 1.